The van der Waals surface area contributed by atoms with Gasteiger partial charge in [0, 0.05) is 42.8 Å². The van der Waals surface area contributed by atoms with Crippen molar-refractivity contribution in [1.29, 1.82) is 0 Å². The second-order valence-corrected chi connectivity index (χ2v) is 8.20. The lowest BCUT2D eigenvalue weighted by Gasteiger charge is -2.29. The monoisotopic (exact) mass is 412 g/mol. The molecular weight excluding hydrogens is 392 g/mol. The number of sulfonamides is 1. The van der Waals surface area contributed by atoms with Gasteiger partial charge >= 0.3 is 0 Å². The van der Waals surface area contributed by atoms with Crippen molar-refractivity contribution in [2.45, 2.75) is 11.8 Å². The molecule has 9 nitrogen and oxygen atoms in total. The van der Waals surface area contributed by atoms with Crippen LogP contribution in [0.1, 0.15) is 5.69 Å². The van der Waals surface area contributed by atoms with E-state index >= 15 is 0 Å². The maximum Gasteiger partial charge on any atom is 0.263 e. The maximum absolute atomic E-state index is 12.6. The number of anilines is 2. The molecule has 0 unspecified atom stereocenters. The maximum atomic E-state index is 12.6. The van der Waals surface area contributed by atoms with Gasteiger partial charge in [0.1, 0.15) is 17.0 Å². The number of aromatic nitrogens is 4. The average molecular weight is 412 g/mol. The largest absolute Gasteiger partial charge is 0.378 e. The van der Waals surface area contributed by atoms with Gasteiger partial charge in [-0.3, -0.25) is 14.7 Å². The highest BCUT2D eigenvalue weighted by Gasteiger charge is 2.21. The van der Waals surface area contributed by atoms with E-state index in [1.165, 1.54) is 31.0 Å². The van der Waals surface area contributed by atoms with Crippen LogP contribution in [0.25, 0.3) is 11.1 Å². The first-order valence-electron chi connectivity index (χ1n) is 9.07. The van der Waals surface area contributed by atoms with Crippen LogP contribution in [0.5, 0.6) is 0 Å². The number of morpholine rings is 1. The first-order chi connectivity index (χ1) is 14.0. The van der Waals surface area contributed by atoms with Crippen LogP contribution in [0.3, 0.4) is 0 Å². The number of hydrogen-bond acceptors (Lipinski definition) is 8. The van der Waals surface area contributed by atoms with Gasteiger partial charge in [-0.1, -0.05) is 0 Å². The van der Waals surface area contributed by atoms with Gasteiger partial charge in [-0.05, 0) is 25.1 Å². The van der Waals surface area contributed by atoms with Gasteiger partial charge < -0.3 is 9.64 Å². The molecule has 29 heavy (non-hydrogen) atoms. The van der Waals surface area contributed by atoms with Crippen LogP contribution in [0.4, 0.5) is 11.5 Å². The zero-order valence-electron chi connectivity index (χ0n) is 15.8. The fourth-order valence-corrected chi connectivity index (χ4v) is 4.16. The van der Waals surface area contributed by atoms with Gasteiger partial charge in [0.2, 0.25) is 0 Å². The number of nitrogens with one attached hydrogen (secondary N) is 1. The van der Waals surface area contributed by atoms with Gasteiger partial charge in [-0.2, -0.15) is 0 Å². The highest BCUT2D eigenvalue weighted by Crippen LogP contribution is 2.32. The summed E-state index contributed by atoms with van der Waals surface area (Å²) in [5.74, 6) is 0.787. The zero-order valence-corrected chi connectivity index (χ0v) is 16.6. The molecule has 1 saturated heterocycles. The first-order valence-corrected chi connectivity index (χ1v) is 10.6. The van der Waals surface area contributed by atoms with Crippen LogP contribution < -0.4 is 9.62 Å². The Morgan fingerprint density at radius 1 is 1.10 bits per heavy atom. The van der Waals surface area contributed by atoms with Crippen LogP contribution in [-0.2, 0) is 14.8 Å². The Hall–Kier alpha value is -3.11. The second-order valence-electron chi connectivity index (χ2n) is 6.51. The molecule has 3 aromatic heterocycles. The predicted octanol–water partition coefficient (Wildman–Crippen LogP) is 1.88. The van der Waals surface area contributed by atoms with Crippen LogP contribution >= 0.6 is 0 Å². The Balaban J connectivity index is 1.70. The minimum atomic E-state index is -3.76. The minimum absolute atomic E-state index is 0.0821. The number of nitrogens with zero attached hydrogens (tertiary/aromatic N) is 5. The molecule has 0 aromatic carbocycles. The molecule has 3 aromatic rings. The first kappa shape index (κ1) is 19.2. The van der Waals surface area contributed by atoms with Crippen molar-refractivity contribution in [3.05, 3.63) is 55.0 Å². The van der Waals surface area contributed by atoms with Gasteiger partial charge in [0.05, 0.1) is 30.8 Å². The van der Waals surface area contributed by atoms with Crippen molar-refractivity contribution in [1.82, 2.24) is 19.9 Å². The summed E-state index contributed by atoms with van der Waals surface area (Å²) in [6, 6.07) is 4.79. The molecule has 0 saturated carbocycles. The van der Waals surface area contributed by atoms with Crippen LogP contribution in [0.15, 0.2) is 54.2 Å². The SMILES string of the molecule is Cc1ncnc(N2CCOCC2)c1-c1cncc(NS(=O)(=O)c2cccnc2)c1. The van der Waals surface area contributed by atoms with E-state index in [1.54, 1.807) is 18.3 Å². The molecule has 0 radical (unpaired) electrons. The summed E-state index contributed by atoms with van der Waals surface area (Å²) >= 11 is 0. The Morgan fingerprint density at radius 3 is 2.69 bits per heavy atom. The Morgan fingerprint density at radius 2 is 1.93 bits per heavy atom. The van der Waals surface area contributed by atoms with E-state index in [9.17, 15) is 8.42 Å². The summed E-state index contributed by atoms with van der Waals surface area (Å²) in [4.78, 5) is 19.1. The van der Waals surface area contributed by atoms with Crippen molar-refractivity contribution in [3.63, 3.8) is 0 Å². The number of aryl methyl sites for hydroxylation is 1. The molecule has 0 amide bonds. The highest BCUT2D eigenvalue weighted by molar-refractivity contribution is 7.92. The third-order valence-electron chi connectivity index (χ3n) is 4.55. The number of pyridine rings is 2. The Labute approximate surface area is 168 Å². The van der Waals surface area contributed by atoms with Crippen molar-refractivity contribution >= 4 is 21.5 Å². The summed E-state index contributed by atoms with van der Waals surface area (Å²) in [6.07, 6.45) is 7.49. The molecule has 0 spiro atoms. The predicted molar refractivity (Wildman–Crippen MR) is 108 cm³/mol. The molecule has 1 N–H and O–H groups in total. The van der Waals surface area contributed by atoms with Crippen molar-refractivity contribution in [2.24, 2.45) is 0 Å². The quantitative estimate of drug-likeness (QED) is 0.676. The smallest absolute Gasteiger partial charge is 0.263 e. The van der Waals surface area contributed by atoms with Gasteiger partial charge in [-0.25, -0.2) is 18.4 Å². The summed E-state index contributed by atoms with van der Waals surface area (Å²) in [5, 5.41) is 0. The Bertz CT molecular complexity index is 1100. The third kappa shape index (κ3) is 4.17. The molecule has 0 bridgehead atoms. The lowest BCUT2D eigenvalue weighted by Crippen LogP contribution is -2.37. The third-order valence-corrected chi connectivity index (χ3v) is 5.92. The van der Waals surface area contributed by atoms with E-state index < -0.39 is 10.0 Å². The molecule has 1 aliphatic heterocycles. The van der Waals surface area contributed by atoms with E-state index in [-0.39, 0.29) is 4.90 Å². The van der Waals surface area contributed by atoms with Crippen molar-refractivity contribution < 1.29 is 13.2 Å². The van der Waals surface area contributed by atoms with Crippen LogP contribution in [-0.4, -0.2) is 54.7 Å². The molecule has 150 valence electrons. The van der Waals surface area contributed by atoms with Crippen molar-refractivity contribution in [3.8, 4) is 11.1 Å². The average Bonchev–Trinajstić information content (AvgIpc) is 2.75. The molecule has 4 heterocycles. The molecule has 0 atom stereocenters. The van der Waals surface area contributed by atoms with Crippen LogP contribution in [0.2, 0.25) is 0 Å². The summed E-state index contributed by atoms with van der Waals surface area (Å²) in [7, 11) is -3.76. The molecular formula is C19H20N6O3S. The molecule has 10 heteroatoms. The lowest BCUT2D eigenvalue weighted by molar-refractivity contribution is 0.122. The van der Waals surface area contributed by atoms with Gasteiger partial charge in [-0.15, -0.1) is 0 Å². The molecule has 1 fully saturated rings. The minimum Gasteiger partial charge on any atom is -0.378 e. The van der Waals surface area contributed by atoms with E-state index in [0.29, 0.717) is 18.9 Å². The summed E-state index contributed by atoms with van der Waals surface area (Å²) < 4.78 is 33.2. The van der Waals surface area contributed by atoms with Crippen molar-refractivity contribution in [2.75, 3.05) is 35.9 Å². The number of hydrogen-bond donors (Lipinski definition) is 1. The lowest BCUT2D eigenvalue weighted by atomic mass is 10.1. The van der Waals surface area contributed by atoms with Gasteiger partial charge in [0.25, 0.3) is 10.0 Å². The number of ether oxygens (including phenoxy) is 1. The fraction of sp³-hybridized carbons (Fsp3) is 0.263. The topological polar surface area (TPSA) is 110 Å². The normalized spacial score (nSPS) is 14.6. The second kappa shape index (κ2) is 8.10. The zero-order chi connectivity index (χ0) is 20.3. The van der Waals surface area contributed by atoms with Gasteiger partial charge in [0.15, 0.2) is 0 Å². The van der Waals surface area contributed by atoms with E-state index in [1.807, 2.05) is 6.92 Å². The molecule has 0 aliphatic carbocycles. The van der Waals surface area contributed by atoms with E-state index in [0.717, 1.165) is 35.7 Å². The molecule has 1 aliphatic rings. The highest BCUT2D eigenvalue weighted by atomic mass is 32.2. The van der Waals surface area contributed by atoms with E-state index in [4.69, 9.17) is 4.74 Å². The molecule has 4 rings (SSSR count). The summed E-state index contributed by atoms with van der Waals surface area (Å²) in [6.45, 7) is 4.61. The van der Waals surface area contributed by atoms with Crippen LogP contribution in [0, 0.1) is 6.92 Å². The fourth-order valence-electron chi connectivity index (χ4n) is 3.17. The Kier molecular flexibility index (Phi) is 5.36. The van der Waals surface area contributed by atoms with E-state index in [2.05, 4.69) is 29.6 Å². The summed E-state index contributed by atoms with van der Waals surface area (Å²) in [5.41, 5.74) is 2.69. The standard InChI is InChI=1S/C19H20N6O3S/c1-14-18(19(23-13-22-14)25-5-7-28-8-6-25)15-9-16(11-21-10-15)24-29(26,27)17-3-2-4-20-12-17/h2-4,9-13,24H,5-8H2,1H3. The number of rotatable bonds is 5.